The van der Waals surface area contributed by atoms with E-state index in [1.54, 1.807) is 0 Å². The topological polar surface area (TPSA) is 15.6 Å². The molecule has 0 aromatic heterocycles. The summed E-state index contributed by atoms with van der Waals surface area (Å²) in [6.07, 6.45) is 14.4. The maximum absolute atomic E-state index is 4.50. The summed E-state index contributed by atoms with van der Waals surface area (Å²) in [5.74, 6) is 1.20. The second kappa shape index (κ2) is 5.13. The van der Waals surface area contributed by atoms with Crippen molar-refractivity contribution in [3.63, 3.8) is 0 Å². The van der Waals surface area contributed by atoms with Crippen LogP contribution in [0.5, 0.6) is 0 Å². The molecule has 0 saturated carbocycles. The maximum Gasteiger partial charge on any atom is 0.0591 e. The molecule has 2 aliphatic rings. The molecule has 0 aromatic carbocycles. The van der Waals surface area contributed by atoms with Crippen molar-refractivity contribution in [2.45, 2.75) is 34.1 Å². The highest BCUT2D eigenvalue weighted by Gasteiger charge is 2.24. The predicted octanol–water partition coefficient (Wildman–Crippen LogP) is 3.99. The Labute approximate surface area is 111 Å². The van der Waals surface area contributed by atoms with Crippen molar-refractivity contribution in [2.24, 2.45) is 22.4 Å². The number of nitrogens with zero attached hydrogens (tertiary/aromatic N) is 2. The smallest absolute Gasteiger partial charge is 0.0591 e. The van der Waals surface area contributed by atoms with Gasteiger partial charge in [0.1, 0.15) is 0 Å². The van der Waals surface area contributed by atoms with Gasteiger partial charge in [-0.1, -0.05) is 45.9 Å². The number of rotatable bonds is 3. The Morgan fingerprint density at radius 3 is 2.83 bits per heavy atom. The fourth-order valence-electron chi connectivity index (χ4n) is 2.18. The highest BCUT2D eigenvalue weighted by Crippen LogP contribution is 2.33. The molecule has 0 fully saturated rings. The van der Waals surface area contributed by atoms with E-state index >= 15 is 0 Å². The summed E-state index contributed by atoms with van der Waals surface area (Å²) >= 11 is 0. The fraction of sp³-hybridized carbons (Fsp3) is 0.562. The van der Waals surface area contributed by atoms with Crippen LogP contribution in [0.2, 0.25) is 0 Å². The molecule has 2 atom stereocenters. The van der Waals surface area contributed by atoms with Gasteiger partial charge in [-0.15, -0.1) is 0 Å². The molecule has 2 rings (SSSR count). The lowest BCUT2D eigenvalue weighted by Gasteiger charge is -2.26. The first kappa shape index (κ1) is 13.1. The van der Waals surface area contributed by atoms with Crippen molar-refractivity contribution in [1.82, 2.24) is 5.01 Å². The number of hydrogen-bond donors (Lipinski definition) is 0. The van der Waals surface area contributed by atoms with Crippen LogP contribution < -0.4 is 0 Å². The lowest BCUT2D eigenvalue weighted by molar-refractivity contribution is 0.371. The minimum absolute atomic E-state index is 0.145. The van der Waals surface area contributed by atoms with Crippen LogP contribution in [0.25, 0.3) is 0 Å². The first-order valence-corrected chi connectivity index (χ1v) is 6.95. The van der Waals surface area contributed by atoms with Gasteiger partial charge in [0.2, 0.25) is 0 Å². The third-order valence-corrected chi connectivity index (χ3v) is 4.23. The van der Waals surface area contributed by atoms with Crippen LogP contribution in [0.3, 0.4) is 0 Å². The van der Waals surface area contributed by atoms with Crippen molar-refractivity contribution in [2.75, 3.05) is 6.54 Å². The summed E-state index contributed by atoms with van der Waals surface area (Å²) in [7, 11) is 0. The average Bonchev–Trinajstić information content (AvgIpc) is 2.73. The van der Waals surface area contributed by atoms with E-state index < -0.39 is 0 Å². The molecule has 1 aliphatic carbocycles. The van der Waals surface area contributed by atoms with E-state index in [0.29, 0.717) is 11.8 Å². The second-order valence-electron chi connectivity index (χ2n) is 5.82. The Hall–Kier alpha value is -1.31. The molecule has 0 saturated heterocycles. The van der Waals surface area contributed by atoms with Crippen molar-refractivity contribution < 1.29 is 0 Å². The van der Waals surface area contributed by atoms with Crippen LogP contribution >= 0.6 is 0 Å². The average molecular weight is 244 g/mol. The molecule has 1 aliphatic heterocycles. The van der Waals surface area contributed by atoms with Crippen molar-refractivity contribution in [3.8, 4) is 0 Å². The normalized spacial score (nSPS) is 31.1. The maximum atomic E-state index is 4.50. The van der Waals surface area contributed by atoms with Crippen LogP contribution in [-0.4, -0.2) is 17.8 Å². The molecule has 0 N–H and O–H groups in total. The molecule has 18 heavy (non-hydrogen) atoms. The summed E-state index contributed by atoms with van der Waals surface area (Å²) in [6, 6.07) is 0. The first-order chi connectivity index (χ1) is 8.55. The third kappa shape index (κ3) is 2.58. The van der Waals surface area contributed by atoms with Crippen molar-refractivity contribution in [1.29, 1.82) is 0 Å². The van der Waals surface area contributed by atoms with E-state index in [4.69, 9.17) is 0 Å². The van der Waals surface area contributed by atoms with Crippen LogP contribution in [0.1, 0.15) is 34.1 Å². The molecule has 2 heteroatoms. The summed E-state index contributed by atoms with van der Waals surface area (Å²) in [6.45, 7) is 10.0. The minimum Gasteiger partial charge on any atom is -0.265 e. The lowest BCUT2D eigenvalue weighted by Crippen LogP contribution is -2.18. The molecule has 98 valence electrons. The summed E-state index contributed by atoms with van der Waals surface area (Å²) in [5, 5.41) is 6.61. The molecular formula is C16H24N2. The van der Waals surface area contributed by atoms with Gasteiger partial charge in [-0.3, -0.25) is 5.01 Å². The Morgan fingerprint density at radius 1 is 1.44 bits per heavy atom. The van der Waals surface area contributed by atoms with Crippen LogP contribution in [0.4, 0.5) is 0 Å². The number of hydrogen-bond acceptors (Lipinski definition) is 2. The van der Waals surface area contributed by atoms with E-state index in [9.17, 15) is 0 Å². The van der Waals surface area contributed by atoms with Crippen LogP contribution in [-0.2, 0) is 0 Å². The van der Waals surface area contributed by atoms with Gasteiger partial charge in [0.05, 0.1) is 5.70 Å². The molecule has 0 amide bonds. The standard InChI is InChI=1S/C16H24N2/c1-5-14-11-17-18(12-14)15-7-6-9-16(4,10-8-15)13(2)3/h6-11,13-14H,5,12H2,1-4H3. The molecule has 0 aromatic rings. The third-order valence-electron chi connectivity index (χ3n) is 4.23. The van der Waals surface area contributed by atoms with E-state index in [1.165, 1.54) is 5.70 Å². The van der Waals surface area contributed by atoms with Crippen LogP contribution in [0.15, 0.2) is 41.2 Å². The van der Waals surface area contributed by atoms with Gasteiger partial charge in [-0.2, -0.15) is 5.10 Å². The first-order valence-electron chi connectivity index (χ1n) is 6.95. The quantitative estimate of drug-likeness (QED) is 0.733. The van der Waals surface area contributed by atoms with E-state index in [-0.39, 0.29) is 5.41 Å². The fourth-order valence-corrected chi connectivity index (χ4v) is 2.18. The minimum atomic E-state index is 0.145. The van der Waals surface area contributed by atoms with Gasteiger partial charge in [0, 0.05) is 24.1 Å². The largest absolute Gasteiger partial charge is 0.265 e. The van der Waals surface area contributed by atoms with Crippen molar-refractivity contribution in [3.05, 3.63) is 36.1 Å². The Bertz CT molecular complexity index is 415. The zero-order chi connectivity index (χ0) is 13.2. The van der Waals surface area contributed by atoms with Gasteiger partial charge < -0.3 is 0 Å². The Balaban J connectivity index is 2.12. The van der Waals surface area contributed by atoms with Gasteiger partial charge >= 0.3 is 0 Å². The summed E-state index contributed by atoms with van der Waals surface area (Å²) in [5.41, 5.74) is 1.34. The van der Waals surface area contributed by atoms with E-state index in [0.717, 1.165) is 13.0 Å². The summed E-state index contributed by atoms with van der Waals surface area (Å²) in [4.78, 5) is 0. The SMILES string of the molecule is CCC1C=NN(C2=CC=CC(C)(C(C)C)C=C2)C1. The Kier molecular flexibility index (Phi) is 3.74. The molecule has 0 bridgehead atoms. The molecular weight excluding hydrogens is 220 g/mol. The number of allylic oxidation sites excluding steroid dienone is 5. The zero-order valence-corrected chi connectivity index (χ0v) is 11.9. The second-order valence-corrected chi connectivity index (χ2v) is 5.82. The van der Waals surface area contributed by atoms with Gasteiger partial charge in [0.25, 0.3) is 0 Å². The molecule has 2 unspecified atom stereocenters. The lowest BCUT2D eigenvalue weighted by atomic mass is 9.79. The van der Waals surface area contributed by atoms with Crippen LogP contribution in [0, 0.1) is 17.3 Å². The number of hydrazone groups is 1. The van der Waals surface area contributed by atoms with Crippen molar-refractivity contribution >= 4 is 6.21 Å². The highest BCUT2D eigenvalue weighted by atomic mass is 15.5. The molecule has 0 spiro atoms. The predicted molar refractivity (Wildman–Crippen MR) is 78.3 cm³/mol. The summed E-state index contributed by atoms with van der Waals surface area (Å²) < 4.78 is 0. The van der Waals surface area contributed by atoms with Gasteiger partial charge in [-0.05, 0) is 24.5 Å². The zero-order valence-electron chi connectivity index (χ0n) is 11.9. The van der Waals surface area contributed by atoms with Gasteiger partial charge in [0.15, 0.2) is 0 Å². The molecule has 0 radical (unpaired) electrons. The molecule has 2 nitrogen and oxygen atoms in total. The highest BCUT2D eigenvalue weighted by molar-refractivity contribution is 5.63. The van der Waals surface area contributed by atoms with E-state index in [2.05, 4.69) is 74.4 Å². The van der Waals surface area contributed by atoms with E-state index in [1.807, 2.05) is 0 Å². The Morgan fingerprint density at radius 2 is 2.22 bits per heavy atom. The molecule has 1 heterocycles. The monoisotopic (exact) mass is 244 g/mol. The van der Waals surface area contributed by atoms with Gasteiger partial charge in [-0.25, -0.2) is 0 Å².